The van der Waals surface area contributed by atoms with Gasteiger partial charge in [-0.05, 0) is 24.3 Å². The van der Waals surface area contributed by atoms with Gasteiger partial charge in [-0.15, -0.1) is 0 Å². The van der Waals surface area contributed by atoms with Gasteiger partial charge in [0.1, 0.15) is 23.8 Å². The molecule has 7 heteroatoms. The molecule has 0 unspecified atom stereocenters. The average Bonchev–Trinajstić information content (AvgIpc) is 2.81. The molecule has 102 valence electrons. The normalized spacial score (nSPS) is 10.9. The maximum absolute atomic E-state index is 13.4. The van der Waals surface area contributed by atoms with Gasteiger partial charge in [0.15, 0.2) is 5.82 Å². The molecule has 0 atom stereocenters. The SMILES string of the molecule is Nc1n[nH]c2ccc(OCc3cc(F)ccc3F)nc12. The quantitative estimate of drug-likeness (QED) is 0.770. The predicted molar refractivity (Wildman–Crippen MR) is 69.0 cm³/mol. The summed E-state index contributed by atoms with van der Waals surface area (Å²) in [5.41, 5.74) is 6.89. The van der Waals surface area contributed by atoms with Crippen molar-refractivity contribution in [3.05, 3.63) is 47.5 Å². The van der Waals surface area contributed by atoms with E-state index in [1.165, 1.54) is 0 Å². The van der Waals surface area contributed by atoms with Crippen molar-refractivity contribution in [2.24, 2.45) is 0 Å². The number of nitrogens with one attached hydrogen (secondary N) is 1. The zero-order valence-electron chi connectivity index (χ0n) is 10.2. The molecule has 3 rings (SSSR count). The maximum Gasteiger partial charge on any atom is 0.214 e. The van der Waals surface area contributed by atoms with Crippen LogP contribution < -0.4 is 10.5 Å². The maximum atomic E-state index is 13.4. The molecule has 0 fully saturated rings. The van der Waals surface area contributed by atoms with Gasteiger partial charge in [0, 0.05) is 11.6 Å². The molecule has 0 radical (unpaired) electrons. The van der Waals surface area contributed by atoms with Crippen LogP contribution in [0.5, 0.6) is 5.88 Å². The van der Waals surface area contributed by atoms with Gasteiger partial charge >= 0.3 is 0 Å². The molecule has 3 aromatic rings. The first-order valence-electron chi connectivity index (χ1n) is 5.81. The second kappa shape index (κ2) is 4.76. The van der Waals surface area contributed by atoms with Crippen molar-refractivity contribution in [1.29, 1.82) is 0 Å². The van der Waals surface area contributed by atoms with Gasteiger partial charge in [0.05, 0.1) is 5.52 Å². The number of aromatic nitrogens is 3. The molecule has 0 aliphatic heterocycles. The highest BCUT2D eigenvalue weighted by molar-refractivity contribution is 5.84. The molecule has 1 aromatic carbocycles. The van der Waals surface area contributed by atoms with Gasteiger partial charge in [-0.1, -0.05) is 0 Å². The van der Waals surface area contributed by atoms with E-state index in [2.05, 4.69) is 15.2 Å². The number of fused-ring (bicyclic) bond motifs is 1. The number of benzene rings is 1. The minimum atomic E-state index is -0.532. The molecule has 0 saturated heterocycles. The Balaban J connectivity index is 1.82. The summed E-state index contributed by atoms with van der Waals surface area (Å²) in [5, 5.41) is 6.51. The Hall–Kier alpha value is -2.70. The van der Waals surface area contributed by atoms with Crippen LogP contribution in [0.15, 0.2) is 30.3 Å². The van der Waals surface area contributed by atoms with E-state index in [-0.39, 0.29) is 23.9 Å². The van der Waals surface area contributed by atoms with Gasteiger partial charge in [0.2, 0.25) is 5.88 Å². The van der Waals surface area contributed by atoms with Crippen LogP contribution in [0.2, 0.25) is 0 Å². The Labute approximate surface area is 112 Å². The summed E-state index contributed by atoms with van der Waals surface area (Å²) >= 11 is 0. The first kappa shape index (κ1) is 12.3. The third-order valence-corrected chi connectivity index (χ3v) is 2.79. The van der Waals surface area contributed by atoms with Crippen LogP contribution >= 0.6 is 0 Å². The van der Waals surface area contributed by atoms with E-state index in [0.717, 1.165) is 18.2 Å². The minimum Gasteiger partial charge on any atom is -0.473 e. The van der Waals surface area contributed by atoms with Crippen molar-refractivity contribution in [2.45, 2.75) is 6.61 Å². The summed E-state index contributed by atoms with van der Waals surface area (Å²) in [6, 6.07) is 6.48. The number of nitrogen functional groups attached to an aromatic ring is 1. The van der Waals surface area contributed by atoms with E-state index in [9.17, 15) is 8.78 Å². The van der Waals surface area contributed by atoms with Crippen LogP contribution in [0.3, 0.4) is 0 Å². The highest BCUT2D eigenvalue weighted by atomic mass is 19.1. The molecule has 0 aliphatic rings. The number of hydrogen-bond donors (Lipinski definition) is 2. The van der Waals surface area contributed by atoms with Gasteiger partial charge in [-0.2, -0.15) is 5.10 Å². The van der Waals surface area contributed by atoms with Crippen molar-refractivity contribution >= 4 is 16.9 Å². The minimum absolute atomic E-state index is 0.118. The zero-order valence-corrected chi connectivity index (χ0v) is 10.2. The summed E-state index contributed by atoms with van der Waals surface area (Å²) in [7, 11) is 0. The third-order valence-electron chi connectivity index (χ3n) is 2.79. The molecule has 20 heavy (non-hydrogen) atoms. The lowest BCUT2D eigenvalue weighted by atomic mass is 10.2. The van der Waals surface area contributed by atoms with Crippen LogP contribution in [0.25, 0.3) is 11.0 Å². The van der Waals surface area contributed by atoms with Crippen molar-refractivity contribution < 1.29 is 13.5 Å². The monoisotopic (exact) mass is 276 g/mol. The number of halogens is 2. The number of aromatic amines is 1. The third kappa shape index (κ3) is 2.25. The molecule has 3 N–H and O–H groups in total. The Morgan fingerprint density at radius 2 is 2.05 bits per heavy atom. The first-order chi connectivity index (χ1) is 9.63. The molecular formula is C13H10F2N4O. The van der Waals surface area contributed by atoms with E-state index < -0.39 is 11.6 Å². The molecule has 2 heterocycles. The van der Waals surface area contributed by atoms with Crippen molar-refractivity contribution in [3.63, 3.8) is 0 Å². The van der Waals surface area contributed by atoms with Gasteiger partial charge in [-0.3, -0.25) is 5.10 Å². The van der Waals surface area contributed by atoms with E-state index in [0.29, 0.717) is 11.0 Å². The van der Waals surface area contributed by atoms with Crippen LogP contribution in [-0.4, -0.2) is 15.2 Å². The number of rotatable bonds is 3. The number of H-pyrrole nitrogens is 1. The molecule has 0 bridgehead atoms. The number of nitrogens with two attached hydrogens (primary N) is 1. The molecule has 0 spiro atoms. The topological polar surface area (TPSA) is 76.8 Å². The van der Waals surface area contributed by atoms with Crippen LogP contribution in [0.1, 0.15) is 5.56 Å². The fourth-order valence-corrected chi connectivity index (χ4v) is 1.79. The molecule has 0 amide bonds. The summed E-state index contributed by atoms with van der Waals surface area (Å²) in [5.74, 6) is -0.542. The van der Waals surface area contributed by atoms with Gasteiger partial charge in [0.25, 0.3) is 0 Å². The molecule has 0 saturated carbocycles. The summed E-state index contributed by atoms with van der Waals surface area (Å²) in [6.45, 7) is -0.125. The first-order valence-corrected chi connectivity index (χ1v) is 5.81. The zero-order chi connectivity index (χ0) is 14.1. The summed E-state index contributed by atoms with van der Waals surface area (Å²) in [4.78, 5) is 4.14. The van der Waals surface area contributed by atoms with E-state index in [1.54, 1.807) is 12.1 Å². The smallest absolute Gasteiger partial charge is 0.214 e. The fraction of sp³-hybridized carbons (Fsp3) is 0.0769. The highest BCUT2D eigenvalue weighted by Gasteiger charge is 2.08. The molecule has 0 aliphatic carbocycles. The molecule has 2 aromatic heterocycles. The van der Waals surface area contributed by atoms with Gasteiger partial charge in [-0.25, -0.2) is 13.8 Å². The van der Waals surface area contributed by atoms with Crippen LogP contribution in [0, 0.1) is 11.6 Å². The van der Waals surface area contributed by atoms with E-state index in [1.807, 2.05) is 0 Å². The number of nitrogens with zero attached hydrogens (tertiary/aromatic N) is 2. The number of hydrogen-bond acceptors (Lipinski definition) is 4. The van der Waals surface area contributed by atoms with Crippen LogP contribution in [-0.2, 0) is 6.61 Å². The van der Waals surface area contributed by atoms with Crippen molar-refractivity contribution in [2.75, 3.05) is 5.73 Å². The Morgan fingerprint density at radius 1 is 1.20 bits per heavy atom. The lowest BCUT2D eigenvalue weighted by molar-refractivity contribution is 0.288. The Bertz CT molecular complexity index is 772. The molecular weight excluding hydrogens is 266 g/mol. The van der Waals surface area contributed by atoms with Crippen molar-refractivity contribution in [1.82, 2.24) is 15.2 Å². The number of pyridine rings is 1. The van der Waals surface area contributed by atoms with Crippen molar-refractivity contribution in [3.8, 4) is 5.88 Å². The van der Waals surface area contributed by atoms with Gasteiger partial charge < -0.3 is 10.5 Å². The second-order valence-corrected chi connectivity index (χ2v) is 4.18. The van der Waals surface area contributed by atoms with E-state index >= 15 is 0 Å². The van der Waals surface area contributed by atoms with E-state index in [4.69, 9.17) is 10.5 Å². The predicted octanol–water partition coefficient (Wildman–Crippen LogP) is 2.40. The summed E-state index contributed by atoms with van der Waals surface area (Å²) in [6.07, 6.45) is 0. The molecule has 5 nitrogen and oxygen atoms in total. The number of anilines is 1. The Kier molecular flexibility index (Phi) is 2.94. The fourth-order valence-electron chi connectivity index (χ4n) is 1.79. The standard InChI is InChI=1S/C13H10F2N4O/c14-8-1-2-9(15)7(5-8)6-20-11-4-3-10-12(17-11)13(16)19-18-10/h1-5H,6H2,(H3,16,18,19). The number of ether oxygens (including phenoxy) is 1. The van der Waals surface area contributed by atoms with Crippen LogP contribution in [0.4, 0.5) is 14.6 Å². The average molecular weight is 276 g/mol. The lowest BCUT2D eigenvalue weighted by Crippen LogP contribution is -2.00. The lowest BCUT2D eigenvalue weighted by Gasteiger charge is -2.06. The second-order valence-electron chi connectivity index (χ2n) is 4.18. The largest absolute Gasteiger partial charge is 0.473 e. The Morgan fingerprint density at radius 3 is 2.90 bits per heavy atom. The summed E-state index contributed by atoms with van der Waals surface area (Å²) < 4.78 is 31.8. The highest BCUT2D eigenvalue weighted by Crippen LogP contribution is 2.20.